The van der Waals surface area contributed by atoms with Gasteiger partial charge in [-0.3, -0.25) is 10.1 Å². The molecular formula is C15H21FN2O2. The summed E-state index contributed by atoms with van der Waals surface area (Å²) in [5.41, 5.74) is 0.966. The first-order valence-corrected chi connectivity index (χ1v) is 6.96. The predicted octanol–water partition coefficient (Wildman–Crippen LogP) is 1.72. The van der Waals surface area contributed by atoms with Gasteiger partial charge in [0.05, 0.1) is 19.3 Å². The van der Waals surface area contributed by atoms with Crippen LogP contribution in [0, 0.1) is 5.82 Å². The summed E-state index contributed by atoms with van der Waals surface area (Å²) >= 11 is 0. The summed E-state index contributed by atoms with van der Waals surface area (Å²) in [6, 6.07) is 6.06. The Hall–Kier alpha value is -1.46. The lowest BCUT2D eigenvalue weighted by Crippen LogP contribution is -2.49. The molecule has 4 nitrogen and oxygen atoms in total. The number of hydrogen-bond acceptors (Lipinski definition) is 3. The fourth-order valence-corrected chi connectivity index (χ4v) is 2.35. The van der Waals surface area contributed by atoms with E-state index in [4.69, 9.17) is 4.74 Å². The molecule has 1 aliphatic rings. The van der Waals surface area contributed by atoms with E-state index in [1.807, 2.05) is 18.7 Å². The fourth-order valence-electron chi connectivity index (χ4n) is 2.35. The van der Waals surface area contributed by atoms with Gasteiger partial charge in [0.1, 0.15) is 5.82 Å². The zero-order chi connectivity index (χ0) is 14.5. The van der Waals surface area contributed by atoms with Crippen molar-refractivity contribution in [2.75, 3.05) is 26.3 Å². The molecule has 0 spiro atoms. The van der Waals surface area contributed by atoms with Crippen LogP contribution in [-0.2, 0) is 9.53 Å². The molecule has 0 aromatic heterocycles. The maximum Gasteiger partial charge on any atom is 0.239 e. The molecule has 0 saturated carbocycles. The van der Waals surface area contributed by atoms with E-state index < -0.39 is 0 Å². The minimum atomic E-state index is -0.270. The number of ether oxygens (including phenoxy) is 1. The molecule has 1 aliphatic heterocycles. The second-order valence-electron chi connectivity index (χ2n) is 5.10. The van der Waals surface area contributed by atoms with Crippen LogP contribution in [0.4, 0.5) is 4.39 Å². The van der Waals surface area contributed by atoms with Gasteiger partial charge in [-0.1, -0.05) is 12.1 Å². The number of halogens is 1. The molecule has 110 valence electrons. The van der Waals surface area contributed by atoms with Gasteiger partial charge in [-0.2, -0.15) is 0 Å². The first-order chi connectivity index (χ1) is 9.58. The van der Waals surface area contributed by atoms with Crippen LogP contribution in [0.25, 0.3) is 0 Å². The van der Waals surface area contributed by atoms with Crippen molar-refractivity contribution in [3.05, 3.63) is 35.6 Å². The zero-order valence-corrected chi connectivity index (χ0v) is 11.9. The summed E-state index contributed by atoms with van der Waals surface area (Å²) in [5.74, 6) is -0.166. The van der Waals surface area contributed by atoms with Crippen molar-refractivity contribution in [2.24, 2.45) is 0 Å². The van der Waals surface area contributed by atoms with E-state index in [0.717, 1.165) is 5.56 Å². The van der Waals surface area contributed by atoms with Gasteiger partial charge >= 0.3 is 0 Å². The van der Waals surface area contributed by atoms with Crippen molar-refractivity contribution < 1.29 is 13.9 Å². The van der Waals surface area contributed by atoms with Gasteiger partial charge in [0.15, 0.2) is 0 Å². The summed E-state index contributed by atoms with van der Waals surface area (Å²) in [4.78, 5) is 14.1. The molecule has 1 aromatic rings. The van der Waals surface area contributed by atoms with Gasteiger partial charge in [-0.05, 0) is 31.5 Å². The average molecular weight is 280 g/mol. The first-order valence-electron chi connectivity index (χ1n) is 6.96. The van der Waals surface area contributed by atoms with E-state index >= 15 is 0 Å². The molecule has 1 aromatic carbocycles. The highest BCUT2D eigenvalue weighted by Crippen LogP contribution is 2.14. The number of rotatable bonds is 4. The molecule has 1 heterocycles. The highest BCUT2D eigenvalue weighted by atomic mass is 19.1. The largest absolute Gasteiger partial charge is 0.378 e. The maximum atomic E-state index is 12.9. The number of benzene rings is 1. The highest BCUT2D eigenvalue weighted by Gasteiger charge is 2.23. The molecule has 2 atom stereocenters. The molecular weight excluding hydrogens is 259 g/mol. The van der Waals surface area contributed by atoms with Crippen LogP contribution in [0.15, 0.2) is 24.3 Å². The van der Waals surface area contributed by atoms with Crippen LogP contribution >= 0.6 is 0 Å². The number of carbonyl (C=O) groups excluding carboxylic acids is 1. The second kappa shape index (κ2) is 6.81. The van der Waals surface area contributed by atoms with Gasteiger partial charge < -0.3 is 9.64 Å². The van der Waals surface area contributed by atoms with E-state index in [0.29, 0.717) is 26.3 Å². The number of hydrogen-bond donors (Lipinski definition) is 1. The van der Waals surface area contributed by atoms with E-state index in [9.17, 15) is 9.18 Å². The van der Waals surface area contributed by atoms with Crippen molar-refractivity contribution in [1.82, 2.24) is 10.2 Å². The Morgan fingerprint density at radius 2 is 1.85 bits per heavy atom. The summed E-state index contributed by atoms with van der Waals surface area (Å²) in [6.07, 6.45) is 0. The lowest BCUT2D eigenvalue weighted by molar-refractivity contribution is -0.137. The molecule has 5 heteroatoms. The Labute approximate surface area is 118 Å². The van der Waals surface area contributed by atoms with Crippen molar-refractivity contribution in [2.45, 2.75) is 25.9 Å². The third-order valence-corrected chi connectivity index (χ3v) is 3.56. The van der Waals surface area contributed by atoms with Crippen LogP contribution in [0.1, 0.15) is 25.5 Å². The number of morpholine rings is 1. The molecule has 0 bridgehead atoms. The Morgan fingerprint density at radius 3 is 2.45 bits per heavy atom. The van der Waals surface area contributed by atoms with Crippen molar-refractivity contribution in [3.8, 4) is 0 Å². The van der Waals surface area contributed by atoms with Crippen LogP contribution in [0.5, 0.6) is 0 Å². The Morgan fingerprint density at radius 1 is 1.25 bits per heavy atom. The molecule has 20 heavy (non-hydrogen) atoms. The van der Waals surface area contributed by atoms with Gasteiger partial charge in [0, 0.05) is 19.1 Å². The first kappa shape index (κ1) is 14.9. The average Bonchev–Trinajstić information content (AvgIpc) is 2.48. The number of nitrogens with one attached hydrogen (secondary N) is 1. The summed E-state index contributed by atoms with van der Waals surface area (Å²) < 4.78 is 18.1. The highest BCUT2D eigenvalue weighted by molar-refractivity contribution is 5.81. The predicted molar refractivity (Wildman–Crippen MR) is 74.8 cm³/mol. The molecule has 1 fully saturated rings. The molecule has 0 aliphatic carbocycles. The lowest BCUT2D eigenvalue weighted by Gasteiger charge is -2.30. The minimum absolute atomic E-state index is 0.00408. The molecule has 1 N–H and O–H groups in total. The van der Waals surface area contributed by atoms with Crippen molar-refractivity contribution in [3.63, 3.8) is 0 Å². The number of nitrogens with zero attached hydrogens (tertiary/aromatic N) is 1. The van der Waals surface area contributed by atoms with Crippen LogP contribution in [0.3, 0.4) is 0 Å². The monoisotopic (exact) mass is 280 g/mol. The van der Waals surface area contributed by atoms with Crippen LogP contribution < -0.4 is 5.32 Å². The zero-order valence-electron chi connectivity index (χ0n) is 11.9. The SMILES string of the molecule is CC(NC(C)c1ccc(F)cc1)C(=O)N1CCOCC1. The minimum Gasteiger partial charge on any atom is -0.378 e. The number of carbonyl (C=O) groups is 1. The molecule has 1 saturated heterocycles. The molecule has 2 rings (SSSR count). The van der Waals surface area contributed by atoms with Gasteiger partial charge in [0.25, 0.3) is 0 Å². The molecule has 1 amide bonds. The van der Waals surface area contributed by atoms with E-state index in [-0.39, 0.29) is 23.8 Å². The Balaban J connectivity index is 1.91. The van der Waals surface area contributed by atoms with E-state index in [1.165, 1.54) is 12.1 Å². The fraction of sp³-hybridized carbons (Fsp3) is 0.533. The smallest absolute Gasteiger partial charge is 0.239 e. The lowest BCUT2D eigenvalue weighted by atomic mass is 10.1. The summed E-state index contributed by atoms with van der Waals surface area (Å²) in [5, 5.41) is 3.26. The number of amides is 1. The van der Waals surface area contributed by atoms with Crippen molar-refractivity contribution in [1.29, 1.82) is 0 Å². The summed E-state index contributed by atoms with van der Waals surface area (Å²) in [6.45, 7) is 6.33. The normalized spacial score (nSPS) is 18.6. The van der Waals surface area contributed by atoms with E-state index in [2.05, 4.69) is 5.32 Å². The Bertz CT molecular complexity index is 444. The summed E-state index contributed by atoms with van der Waals surface area (Å²) in [7, 11) is 0. The Kier molecular flexibility index (Phi) is 5.09. The van der Waals surface area contributed by atoms with Gasteiger partial charge in [-0.15, -0.1) is 0 Å². The topological polar surface area (TPSA) is 41.6 Å². The third kappa shape index (κ3) is 3.77. The van der Waals surface area contributed by atoms with Gasteiger partial charge in [0.2, 0.25) is 5.91 Å². The third-order valence-electron chi connectivity index (χ3n) is 3.56. The quantitative estimate of drug-likeness (QED) is 0.913. The van der Waals surface area contributed by atoms with Gasteiger partial charge in [-0.25, -0.2) is 4.39 Å². The van der Waals surface area contributed by atoms with Crippen molar-refractivity contribution >= 4 is 5.91 Å². The molecule has 0 radical (unpaired) electrons. The van der Waals surface area contributed by atoms with E-state index in [1.54, 1.807) is 12.1 Å². The standard InChI is InChI=1S/C15H21FN2O2/c1-11(13-3-5-14(16)6-4-13)17-12(2)15(19)18-7-9-20-10-8-18/h3-6,11-12,17H,7-10H2,1-2H3. The van der Waals surface area contributed by atoms with Crippen LogP contribution in [-0.4, -0.2) is 43.2 Å². The maximum absolute atomic E-state index is 12.9. The second-order valence-corrected chi connectivity index (χ2v) is 5.10. The van der Waals surface area contributed by atoms with Crippen LogP contribution in [0.2, 0.25) is 0 Å². The molecule has 2 unspecified atom stereocenters.